The molecule has 4 heterocycles. The first-order valence-corrected chi connectivity index (χ1v) is 15.4. The first kappa shape index (κ1) is 29.9. The Morgan fingerprint density at radius 2 is 1.52 bits per heavy atom. The molecular weight excluding hydrogens is 578 g/mol. The molecule has 0 spiro atoms. The van der Waals surface area contributed by atoms with Gasteiger partial charge < -0.3 is 24.3 Å². The number of hydrogen-bond acceptors (Lipinski definition) is 8. The van der Waals surface area contributed by atoms with E-state index in [1.165, 1.54) is 6.33 Å². The summed E-state index contributed by atoms with van der Waals surface area (Å²) in [5.74, 6) is 3.34. The van der Waals surface area contributed by atoms with Gasteiger partial charge in [0.1, 0.15) is 23.7 Å². The molecule has 2 aliphatic heterocycles. The first-order chi connectivity index (χ1) is 22.2. The monoisotopic (exact) mass is 615 g/mol. The summed E-state index contributed by atoms with van der Waals surface area (Å²) in [7, 11) is 1.66. The lowest BCUT2D eigenvalue weighted by atomic mass is 9.77. The van der Waals surface area contributed by atoms with Crippen molar-refractivity contribution in [1.82, 2.24) is 19.5 Å². The van der Waals surface area contributed by atoms with Crippen molar-refractivity contribution in [3.63, 3.8) is 0 Å². The maximum absolute atomic E-state index is 6.71. The number of fused-ring (bicyclic) bond motifs is 2. The highest BCUT2D eigenvalue weighted by molar-refractivity contribution is 5.84. The van der Waals surface area contributed by atoms with Gasteiger partial charge in [0.15, 0.2) is 29.0 Å². The van der Waals surface area contributed by atoms with E-state index in [1.54, 1.807) is 13.4 Å². The van der Waals surface area contributed by atoms with Crippen LogP contribution in [0.2, 0.25) is 0 Å². The standard InChI is InChI=1S/C37H37N5O4/c1-7-35(5)32-36(8-2,46-34(3,4)44-32)33(45-35)42-24-40-29-30(38-23-39-31(29)42)41-37(25-15-11-9-12-16-25,26-17-13-10-14-18-26)27-19-21-28(43-6)22-20-27/h2,9-24,32-33H,7H2,1,3-6H3,(H,38,39,41)/t32-,33-,35-,36-/m1/s1. The second-order valence-corrected chi connectivity index (χ2v) is 12.5. The van der Waals surface area contributed by atoms with Crippen molar-refractivity contribution in [3.8, 4) is 18.1 Å². The average Bonchev–Trinajstić information content (AvgIpc) is 3.72. The summed E-state index contributed by atoms with van der Waals surface area (Å²) in [6.45, 7) is 7.82. The third-order valence-electron chi connectivity index (χ3n) is 9.29. The van der Waals surface area contributed by atoms with Gasteiger partial charge in [-0.15, -0.1) is 6.42 Å². The molecule has 4 atom stereocenters. The fourth-order valence-electron chi connectivity index (χ4n) is 6.95. The Morgan fingerprint density at radius 3 is 2.11 bits per heavy atom. The SMILES string of the molecule is C#C[C@@]12OC(C)(C)O[C@@H]1[C@@](C)(CC)O[C@H]2n1cnc2c(NC(c3ccccc3)(c3ccccc3)c3ccc(OC)cc3)ncnc21. The highest BCUT2D eigenvalue weighted by Crippen LogP contribution is 2.56. The average molecular weight is 616 g/mol. The van der Waals surface area contributed by atoms with Crippen molar-refractivity contribution < 1.29 is 18.9 Å². The van der Waals surface area contributed by atoms with Gasteiger partial charge in [-0.2, -0.15) is 0 Å². The number of anilines is 1. The van der Waals surface area contributed by atoms with Crippen LogP contribution in [0.25, 0.3) is 11.2 Å². The van der Waals surface area contributed by atoms with Crippen LogP contribution in [0.3, 0.4) is 0 Å². The van der Waals surface area contributed by atoms with Crippen LogP contribution in [0, 0.1) is 12.3 Å². The number of ether oxygens (including phenoxy) is 4. The van der Waals surface area contributed by atoms with E-state index in [2.05, 4.69) is 54.6 Å². The van der Waals surface area contributed by atoms with Gasteiger partial charge in [-0.3, -0.25) is 4.57 Å². The molecule has 2 aliphatic rings. The quantitative estimate of drug-likeness (QED) is 0.157. The van der Waals surface area contributed by atoms with Crippen LogP contribution >= 0.6 is 0 Å². The fraction of sp³-hybridized carbons (Fsp3) is 0.324. The molecule has 0 bridgehead atoms. The Balaban J connectivity index is 1.40. The smallest absolute Gasteiger partial charge is 0.205 e. The minimum atomic E-state index is -1.19. The van der Waals surface area contributed by atoms with E-state index in [9.17, 15) is 0 Å². The number of terminal acetylenes is 1. The summed E-state index contributed by atoms with van der Waals surface area (Å²) in [6, 6.07) is 28.6. The zero-order valence-corrected chi connectivity index (χ0v) is 26.6. The van der Waals surface area contributed by atoms with Crippen molar-refractivity contribution in [2.24, 2.45) is 0 Å². The molecule has 3 aromatic carbocycles. The third kappa shape index (κ3) is 4.48. The molecule has 1 N–H and O–H groups in total. The van der Waals surface area contributed by atoms with Crippen molar-refractivity contribution in [2.45, 2.75) is 69.0 Å². The second kappa shape index (κ2) is 11.0. The summed E-state index contributed by atoms with van der Waals surface area (Å²) < 4.78 is 26.9. The normalized spacial score (nSPS) is 25.2. The Hall–Kier alpha value is -4.75. The van der Waals surface area contributed by atoms with Crippen LogP contribution in [-0.4, -0.2) is 49.7 Å². The van der Waals surface area contributed by atoms with Crippen molar-refractivity contribution >= 4 is 17.0 Å². The first-order valence-electron chi connectivity index (χ1n) is 15.4. The van der Waals surface area contributed by atoms with E-state index in [0.29, 0.717) is 23.4 Å². The third-order valence-corrected chi connectivity index (χ3v) is 9.29. The molecule has 0 unspecified atom stereocenters. The summed E-state index contributed by atoms with van der Waals surface area (Å²) in [5, 5.41) is 3.83. The van der Waals surface area contributed by atoms with Gasteiger partial charge in [0.25, 0.3) is 0 Å². The summed E-state index contributed by atoms with van der Waals surface area (Å²) in [6.07, 6.45) is 8.91. The van der Waals surface area contributed by atoms with Crippen LogP contribution in [-0.2, 0) is 19.7 Å². The number of aromatic nitrogens is 4. The van der Waals surface area contributed by atoms with E-state index in [-0.39, 0.29) is 0 Å². The molecule has 2 saturated heterocycles. The number of benzene rings is 3. The van der Waals surface area contributed by atoms with Gasteiger partial charge >= 0.3 is 0 Å². The summed E-state index contributed by atoms with van der Waals surface area (Å²) in [4.78, 5) is 14.3. The molecule has 9 heteroatoms. The van der Waals surface area contributed by atoms with Gasteiger partial charge in [-0.05, 0) is 56.0 Å². The van der Waals surface area contributed by atoms with E-state index < -0.39 is 34.9 Å². The van der Waals surface area contributed by atoms with Crippen LogP contribution in [0.5, 0.6) is 5.75 Å². The van der Waals surface area contributed by atoms with E-state index >= 15 is 0 Å². The molecule has 2 fully saturated rings. The molecule has 0 saturated carbocycles. The van der Waals surface area contributed by atoms with Crippen molar-refractivity contribution in [1.29, 1.82) is 0 Å². The van der Waals surface area contributed by atoms with Crippen LogP contribution < -0.4 is 10.1 Å². The molecule has 7 rings (SSSR count). The molecular formula is C37H37N5O4. The van der Waals surface area contributed by atoms with Crippen LogP contribution in [0.15, 0.2) is 97.6 Å². The summed E-state index contributed by atoms with van der Waals surface area (Å²) in [5.41, 5.74) is 1.38. The summed E-state index contributed by atoms with van der Waals surface area (Å²) >= 11 is 0. The Labute approximate surface area is 268 Å². The number of nitrogens with one attached hydrogen (secondary N) is 1. The zero-order valence-electron chi connectivity index (χ0n) is 26.6. The molecule has 46 heavy (non-hydrogen) atoms. The van der Waals surface area contributed by atoms with Crippen molar-refractivity contribution in [2.75, 3.05) is 12.4 Å². The molecule has 0 amide bonds. The Kier molecular flexibility index (Phi) is 7.13. The number of nitrogens with zero attached hydrogens (tertiary/aromatic N) is 4. The number of methoxy groups -OCH3 is 1. The Morgan fingerprint density at radius 1 is 0.891 bits per heavy atom. The van der Waals surface area contributed by atoms with Crippen molar-refractivity contribution in [3.05, 3.63) is 114 Å². The predicted molar refractivity (Wildman–Crippen MR) is 175 cm³/mol. The van der Waals surface area contributed by atoms with Gasteiger partial charge in [0, 0.05) is 0 Å². The maximum atomic E-state index is 6.71. The lowest BCUT2D eigenvalue weighted by Crippen LogP contribution is -2.46. The number of hydrogen-bond donors (Lipinski definition) is 1. The second-order valence-electron chi connectivity index (χ2n) is 12.5. The highest BCUT2D eigenvalue weighted by atomic mass is 16.8. The predicted octanol–water partition coefficient (Wildman–Crippen LogP) is 6.46. The lowest BCUT2D eigenvalue weighted by Gasteiger charge is -2.37. The zero-order chi connectivity index (χ0) is 32.2. The van der Waals surface area contributed by atoms with Gasteiger partial charge in [-0.25, -0.2) is 15.0 Å². The topological polar surface area (TPSA) is 92.6 Å². The molecule has 234 valence electrons. The van der Waals surface area contributed by atoms with E-state index in [1.807, 2.05) is 73.9 Å². The van der Waals surface area contributed by atoms with E-state index in [4.69, 9.17) is 40.3 Å². The van der Waals surface area contributed by atoms with Gasteiger partial charge in [0.05, 0.1) is 19.0 Å². The Bertz CT molecular complexity index is 1860. The van der Waals surface area contributed by atoms with Crippen LogP contribution in [0.1, 0.15) is 57.0 Å². The molecule has 5 aromatic rings. The molecule has 9 nitrogen and oxygen atoms in total. The lowest BCUT2D eigenvalue weighted by molar-refractivity contribution is -0.225. The van der Waals surface area contributed by atoms with E-state index in [0.717, 1.165) is 22.4 Å². The maximum Gasteiger partial charge on any atom is 0.205 e. The van der Waals surface area contributed by atoms with Crippen LogP contribution in [0.4, 0.5) is 5.82 Å². The molecule has 0 aliphatic carbocycles. The largest absolute Gasteiger partial charge is 0.497 e. The number of imidazole rings is 1. The fourth-order valence-corrected chi connectivity index (χ4v) is 6.95. The van der Waals surface area contributed by atoms with Gasteiger partial charge in [-0.1, -0.05) is 85.6 Å². The van der Waals surface area contributed by atoms with Gasteiger partial charge in [0.2, 0.25) is 5.60 Å². The minimum Gasteiger partial charge on any atom is -0.497 e. The molecule has 2 aromatic heterocycles. The number of rotatable bonds is 8. The molecule has 0 radical (unpaired) electrons. The highest BCUT2D eigenvalue weighted by Gasteiger charge is 2.70. The minimum absolute atomic E-state index is 0.495.